The standard InChI is InChI=1S/C25H22ClN5O3/c1-30-28-24(27-29-30)16-33-21-5-2-4-17(14-21)22-15-19(31-13-3-6-25(31)32)9-12-23(22)34-20-10-7-18(26)8-11-20/h2,4-5,7-12,14-15H,3,6,13,16H2,1H3. The molecule has 4 aromatic rings. The van der Waals surface area contributed by atoms with Gasteiger partial charge < -0.3 is 14.4 Å². The van der Waals surface area contributed by atoms with Crippen molar-refractivity contribution < 1.29 is 14.3 Å². The van der Waals surface area contributed by atoms with Crippen LogP contribution in [0.5, 0.6) is 17.2 Å². The first kappa shape index (κ1) is 21.9. The maximum absolute atomic E-state index is 12.3. The number of hydrogen-bond donors (Lipinski definition) is 0. The minimum Gasteiger partial charge on any atom is -0.485 e. The Morgan fingerprint density at radius 2 is 1.88 bits per heavy atom. The van der Waals surface area contributed by atoms with E-state index in [1.807, 2.05) is 59.5 Å². The lowest BCUT2D eigenvalue weighted by molar-refractivity contribution is -0.117. The van der Waals surface area contributed by atoms with E-state index in [0.717, 1.165) is 23.2 Å². The van der Waals surface area contributed by atoms with E-state index in [2.05, 4.69) is 15.4 Å². The minimum absolute atomic E-state index is 0.130. The summed E-state index contributed by atoms with van der Waals surface area (Å²) in [5.41, 5.74) is 2.58. The number of carbonyl (C=O) groups excluding carboxylic acids is 1. The van der Waals surface area contributed by atoms with Crippen molar-refractivity contribution in [3.05, 3.63) is 77.6 Å². The van der Waals surface area contributed by atoms with Crippen LogP contribution < -0.4 is 14.4 Å². The highest BCUT2D eigenvalue weighted by atomic mass is 35.5. The van der Waals surface area contributed by atoms with Crippen LogP contribution in [0.15, 0.2) is 66.7 Å². The highest BCUT2D eigenvalue weighted by Gasteiger charge is 2.23. The van der Waals surface area contributed by atoms with E-state index in [1.54, 1.807) is 19.2 Å². The summed E-state index contributed by atoms with van der Waals surface area (Å²) in [5, 5.41) is 12.6. The summed E-state index contributed by atoms with van der Waals surface area (Å²) in [5.74, 6) is 2.60. The Bertz CT molecular complexity index is 1320. The van der Waals surface area contributed by atoms with Crippen molar-refractivity contribution in [3.8, 4) is 28.4 Å². The van der Waals surface area contributed by atoms with Gasteiger partial charge in [0.1, 0.15) is 17.2 Å². The Morgan fingerprint density at radius 1 is 1.03 bits per heavy atom. The second-order valence-corrected chi connectivity index (χ2v) is 8.33. The van der Waals surface area contributed by atoms with Crippen LogP contribution in [-0.2, 0) is 18.4 Å². The smallest absolute Gasteiger partial charge is 0.227 e. The predicted octanol–water partition coefficient (Wildman–Crippen LogP) is 5.03. The quantitative estimate of drug-likeness (QED) is 0.373. The molecule has 0 saturated carbocycles. The molecule has 2 heterocycles. The first-order chi connectivity index (χ1) is 16.5. The maximum Gasteiger partial charge on any atom is 0.227 e. The molecule has 1 aliphatic rings. The zero-order chi connectivity index (χ0) is 23.5. The number of aromatic nitrogens is 4. The molecule has 0 aliphatic carbocycles. The molecule has 34 heavy (non-hydrogen) atoms. The number of aryl methyl sites for hydroxylation is 1. The highest BCUT2D eigenvalue weighted by Crippen LogP contribution is 2.38. The van der Waals surface area contributed by atoms with Gasteiger partial charge in [0.25, 0.3) is 0 Å². The predicted molar refractivity (Wildman–Crippen MR) is 128 cm³/mol. The second kappa shape index (κ2) is 9.52. The Hall–Kier alpha value is -3.91. The zero-order valence-electron chi connectivity index (χ0n) is 18.5. The number of amides is 1. The van der Waals surface area contributed by atoms with Crippen molar-refractivity contribution in [2.75, 3.05) is 11.4 Å². The number of carbonyl (C=O) groups is 1. The highest BCUT2D eigenvalue weighted by molar-refractivity contribution is 6.30. The van der Waals surface area contributed by atoms with Crippen LogP contribution in [-0.4, -0.2) is 32.7 Å². The monoisotopic (exact) mass is 475 g/mol. The Morgan fingerprint density at radius 3 is 2.62 bits per heavy atom. The topological polar surface area (TPSA) is 82.4 Å². The van der Waals surface area contributed by atoms with Crippen molar-refractivity contribution in [2.24, 2.45) is 7.05 Å². The number of anilines is 1. The van der Waals surface area contributed by atoms with Crippen LogP contribution in [0.4, 0.5) is 5.69 Å². The molecule has 0 atom stereocenters. The number of tetrazole rings is 1. The van der Waals surface area contributed by atoms with E-state index in [0.29, 0.717) is 41.1 Å². The molecule has 9 heteroatoms. The van der Waals surface area contributed by atoms with Crippen molar-refractivity contribution >= 4 is 23.2 Å². The molecule has 0 N–H and O–H groups in total. The van der Waals surface area contributed by atoms with Gasteiger partial charge in [-0.25, -0.2) is 0 Å². The van der Waals surface area contributed by atoms with Crippen LogP contribution in [0.3, 0.4) is 0 Å². The van der Waals surface area contributed by atoms with Gasteiger partial charge in [-0.05, 0) is 71.8 Å². The molecule has 1 amide bonds. The largest absolute Gasteiger partial charge is 0.485 e. The molecular weight excluding hydrogens is 454 g/mol. The number of benzene rings is 3. The summed E-state index contributed by atoms with van der Waals surface area (Å²) in [4.78, 5) is 15.6. The van der Waals surface area contributed by atoms with Gasteiger partial charge in [0.2, 0.25) is 11.7 Å². The SMILES string of the molecule is Cn1nnc(COc2cccc(-c3cc(N4CCCC4=O)ccc3Oc3ccc(Cl)cc3)c2)n1. The van der Waals surface area contributed by atoms with Gasteiger partial charge in [0.05, 0.1) is 7.05 Å². The van der Waals surface area contributed by atoms with E-state index in [4.69, 9.17) is 21.1 Å². The van der Waals surface area contributed by atoms with E-state index in [-0.39, 0.29) is 12.5 Å². The number of halogens is 1. The average Bonchev–Trinajstić information content (AvgIpc) is 3.47. The third kappa shape index (κ3) is 4.87. The lowest BCUT2D eigenvalue weighted by atomic mass is 10.0. The number of nitrogens with zero attached hydrogens (tertiary/aromatic N) is 5. The second-order valence-electron chi connectivity index (χ2n) is 7.90. The first-order valence-corrected chi connectivity index (χ1v) is 11.3. The van der Waals surface area contributed by atoms with Crippen LogP contribution in [0, 0.1) is 0 Å². The fraction of sp³-hybridized carbons (Fsp3) is 0.200. The average molecular weight is 476 g/mol. The molecule has 0 bridgehead atoms. The third-order valence-electron chi connectivity index (χ3n) is 5.45. The molecule has 1 saturated heterocycles. The lowest BCUT2D eigenvalue weighted by Gasteiger charge is -2.19. The summed E-state index contributed by atoms with van der Waals surface area (Å²) in [7, 11) is 1.71. The molecule has 1 aliphatic heterocycles. The van der Waals surface area contributed by atoms with Gasteiger partial charge >= 0.3 is 0 Å². The van der Waals surface area contributed by atoms with Gasteiger partial charge in [0.15, 0.2) is 6.61 Å². The fourth-order valence-electron chi connectivity index (χ4n) is 3.83. The van der Waals surface area contributed by atoms with Crippen molar-refractivity contribution in [1.29, 1.82) is 0 Å². The third-order valence-corrected chi connectivity index (χ3v) is 5.70. The molecule has 0 unspecified atom stereocenters. The number of rotatable bonds is 7. The Kier molecular flexibility index (Phi) is 6.14. The van der Waals surface area contributed by atoms with E-state index in [1.165, 1.54) is 4.80 Å². The molecule has 1 aromatic heterocycles. The van der Waals surface area contributed by atoms with Crippen molar-refractivity contribution in [1.82, 2.24) is 20.2 Å². The van der Waals surface area contributed by atoms with Gasteiger partial charge in [0, 0.05) is 29.2 Å². The summed E-state index contributed by atoms with van der Waals surface area (Å²) in [6.07, 6.45) is 1.43. The lowest BCUT2D eigenvalue weighted by Crippen LogP contribution is -2.23. The Balaban J connectivity index is 1.48. The summed E-state index contributed by atoms with van der Waals surface area (Å²) in [6, 6.07) is 20.7. The van der Waals surface area contributed by atoms with Crippen LogP contribution in [0.1, 0.15) is 18.7 Å². The van der Waals surface area contributed by atoms with Crippen LogP contribution in [0.2, 0.25) is 5.02 Å². The van der Waals surface area contributed by atoms with Gasteiger partial charge in [-0.2, -0.15) is 4.80 Å². The summed E-state index contributed by atoms with van der Waals surface area (Å²) >= 11 is 6.02. The van der Waals surface area contributed by atoms with E-state index < -0.39 is 0 Å². The summed E-state index contributed by atoms with van der Waals surface area (Å²) < 4.78 is 12.1. The van der Waals surface area contributed by atoms with Gasteiger partial charge in [-0.15, -0.1) is 10.2 Å². The molecule has 8 nitrogen and oxygen atoms in total. The molecule has 0 spiro atoms. The normalized spacial score (nSPS) is 13.4. The molecule has 172 valence electrons. The fourth-order valence-corrected chi connectivity index (χ4v) is 3.96. The van der Waals surface area contributed by atoms with Gasteiger partial charge in [-0.3, -0.25) is 4.79 Å². The molecule has 5 rings (SSSR count). The first-order valence-electron chi connectivity index (χ1n) is 10.9. The molecular formula is C25H22ClN5O3. The Labute approximate surface area is 201 Å². The molecule has 0 radical (unpaired) electrons. The summed E-state index contributed by atoms with van der Waals surface area (Å²) in [6.45, 7) is 0.914. The molecule has 1 fully saturated rings. The van der Waals surface area contributed by atoms with E-state index >= 15 is 0 Å². The van der Waals surface area contributed by atoms with Crippen molar-refractivity contribution in [2.45, 2.75) is 19.4 Å². The minimum atomic E-state index is 0.130. The van der Waals surface area contributed by atoms with E-state index in [9.17, 15) is 4.79 Å². The molecule has 3 aromatic carbocycles. The van der Waals surface area contributed by atoms with Crippen LogP contribution in [0.25, 0.3) is 11.1 Å². The number of hydrogen-bond acceptors (Lipinski definition) is 6. The van der Waals surface area contributed by atoms with Crippen LogP contribution >= 0.6 is 11.6 Å². The van der Waals surface area contributed by atoms with Crippen molar-refractivity contribution in [3.63, 3.8) is 0 Å². The zero-order valence-corrected chi connectivity index (χ0v) is 19.3. The number of ether oxygens (including phenoxy) is 2. The maximum atomic E-state index is 12.3. The van der Waals surface area contributed by atoms with Gasteiger partial charge in [-0.1, -0.05) is 23.7 Å².